The van der Waals surface area contributed by atoms with Crippen LogP contribution in [0.4, 0.5) is 0 Å². The van der Waals surface area contributed by atoms with Gasteiger partial charge in [0.1, 0.15) is 12.1 Å². The molecule has 6 nitrogen and oxygen atoms in total. The summed E-state index contributed by atoms with van der Waals surface area (Å²) in [7, 11) is 0. The Morgan fingerprint density at radius 3 is 2.69 bits per heavy atom. The lowest BCUT2D eigenvalue weighted by Gasteiger charge is -2.14. The minimum absolute atomic E-state index is 0.00438. The number of aromatic nitrogens is 3. The van der Waals surface area contributed by atoms with E-state index < -0.39 is 0 Å². The number of carbonyl (C=O) groups excluding carboxylic acids is 1. The summed E-state index contributed by atoms with van der Waals surface area (Å²) in [5.74, 6) is -0.250. The summed E-state index contributed by atoms with van der Waals surface area (Å²) in [6.07, 6.45) is 1.68. The van der Waals surface area contributed by atoms with E-state index in [4.69, 9.17) is 0 Å². The van der Waals surface area contributed by atoms with E-state index in [-0.39, 0.29) is 24.1 Å². The van der Waals surface area contributed by atoms with Crippen LogP contribution < -0.4 is 10.9 Å². The lowest BCUT2D eigenvalue weighted by Crippen LogP contribution is -2.38. The van der Waals surface area contributed by atoms with Crippen molar-refractivity contribution in [1.29, 1.82) is 0 Å². The maximum Gasteiger partial charge on any atom is 0.278 e. The van der Waals surface area contributed by atoms with E-state index in [1.54, 1.807) is 24.3 Å². The zero-order chi connectivity index (χ0) is 18.5. The minimum Gasteiger partial charge on any atom is -0.352 e. The summed E-state index contributed by atoms with van der Waals surface area (Å²) in [5, 5.41) is 11.2. The molecule has 0 saturated heterocycles. The summed E-state index contributed by atoms with van der Waals surface area (Å²) in [5.41, 5.74) is 1.43. The number of hydrogen-bond donors (Lipinski definition) is 1. The molecule has 1 unspecified atom stereocenters. The molecule has 0 aliphatic rings. The highest BCUT2D eigenvalue weighted by Crippen LogP contribution is 2.12. The highest BCUT2D eigenvalue weighted by Gasteiger charge is 2.12. The van der Waals surface area contributed by atoms with Crippen LogP contribution in [-0.2, 0) is 17.8 Å². The highest BCUT2D eigenvalue weighted by atomic mass is 79.9. The van der Waals surface area contributed by atoms with Gasteiger partial charge in [0.15, 0.2) is 0 Å². The molecule has 0 radical (unpaired) electrons. The number of halogens is 1. The molecular weight excluding hydrogens is 396 g/mol. The predicted molar refractivity (Wildman–Crippen MR) is 104 cm³/mol. The molecule has 2 aromatic carbocycles. The summed E-state index contributed by atoms with van der Waals surface area (Å²) >= 11 is 3.41. The van der Waals surface area contributed by atoms with Crippen molar-refractivity contribution in [3.8, 4) is 0 Å². The molecular formula is C19H19BrN4O2. The molecule has 26 heavy (non-hydrogen) atoms. The van der Waals surface area contributed by atoms with E-state index in [2.05, 4.69) is 43.7 Å². The molecule has 0 saturated carbocycles. The van der Waals surface area contributed by atoms with Crippen LogP contribution in [0, 0.1) is 0 Å². The molecule has 1 amide bonds. The maximum atomic E-state index is 12.4. The number of amides is 1. The van der Waals surface area contributed by atoms with Crippen molar-refractivity contribution >= 4 is 32.7 Å². The van der Waals surface area contributed by atoms with Crippen LogP contribution in [-0.4, -0.2) is 26.9 Å². The zero-order valence-corrected chi connectivity index (χ0v) is 15.9. The second-order valence-electron chi connectivity index (χ2n) is 6.20. The smallest absolute Gasteiger partial charge is 0.278 e. The van der Waals surface area contributed by atoms with Gasteiger partial charge in [0.25, 0.3) is 5.56 Å². The topological polar surface area (TPSA) is 76.9 Å². The first-order valence-electron chi connectivity index (χ1n) is 8.39. The van der Waals surface area contributed by atoms with Gasteiger partial charge in [-0.3, -0.25) is 9.59 Å². The van der Waals surface area contributed by atoms with Crippen LogP contribution in [0.25, 0.3) is 10.9 Å². The van der Waals surface area contributed by atoms with Gasteiger partial charge < -0.3 is 5.32 Å². The summed E-state index contributed by atoms with van der Waals surface area (Å²) in [6.45, 7) is 1.81. The standard InChI is InChI=1S/C19H19BrN4O2/c1-13(6-7-14-8-10-15(20)11-9-14)21-18(25)12-24-19(26)16-4-2-3-5-17(16)22-23-24/h2-5,8-11,13H,6-7,12H2,1H3,(H,21,25). The SMILES string of the molecule is CC(CCc1ccc(Br)cc1)NC(=O)Cn1nnc2ccccc2c1=O. The molecule has 0 aliphatic heterocycles. The number of rotatable bonds is 6. The average molecular weight is 415 g/mol. The summed E-state index contributed by atoms with van der Waals surface area (Å²) in [6, 6.07) is 15.1. The van der Waals surface area contributed by atoms with Gasteiger partial charge in [-0.05, 0) is 49.6 Å². The number of aryl methyl sites for hydroxylation is 1. The molecule has 1 N–H and O–H groups in total. The van der Waals surface area contributed by atoms with Crippen molar-refractivity contribution in [1.82, 2.24) is 20.3 Å². The fourth-order valence-electron chi connectivity index (χ4n) is 2.69. The molecule has 1 aromatic heterocycles. The molecule has 0 bridgehead atoms. The molecule has 1 atom stereocenters. The Bertz CT molecular complexity index is 969. The van der Waals surface area contributed by atoms with Gasteiger partial charge in [0.2, 0.25) is 5.91 Å². The summed E-state index contributed by atoms with van der Waals surface area (Å²) < 4.78 is 2.14. The highest BCUT2D eigenvalue weighted by molar-refractivity contribution is 9.10. The molecule has 0 aliphatic carbocycles. The third kappa shape index (κ3) is 4.54. The van der Waals surface area contributed by atoms with E-state index in [0.29, 0.717) is 10.9 Å². The van der Waals surface area contributed by atoms with Gasteiger partial charge >= 0.3 is 0 Å². The number of nitrogens with one attached hydrogen (secondary N) is 1. The lowest BCUT2D eigenvalue weighted by molar-refractivity contribution is -0.122. The normalized spacial score (nSPS) is 12.1. The van der Waals surface area contributed by atoms with Crippen LogP contribution in [0.5, 0.6) is 0 Å². The number of benzene rings is 2. The fraction of sp³-hybridized carbons (Fsp3) is 0.263. The number of carbonyl (C=O) groups is 1. The number of fused-ring (bicyclic) bond motifs is 1. The summed E-state index contributed by atoms with van der Waals surface area (Å²) in [4.78, 5) is 24.6. The van der Waals surface area contributed by atoms with Crippen molar-refractivity contribution in [2.45, 2.75) is 32.4 Å². The molecule has 0 fully saturated rings. The molecule has 134 valence electrons. The Morgan fingerprint density at radius 2 is 1.92 bits per heavy atom. The number of nitrogens with zero attached hydrogens (tertiary/aromatic N) is 3. The quantitative estimate of drug-likeness (QED) is 0.672. The van der Waals surface area contributed by atoms with Crippen LogP contribution in [0.2, 0.25) is 0 Å². The van der Waals surface area contributed by atoms with Gasteiger partial charge in [-0.25, -0.2) is 4.68 Å². The van der Waals surface area contributed by atoms with E-state index >= 15 is 0 Å². The van der Waals surface area contributed by atoms with Crippen molar-refractivity contribution in [2.75, 3.05) is 0 Å². The Balaban J connectivity index is 1.57. The van der Waals surface area contributed by atoms with E-state index in [9.17, 15) is 9.59 Å². The number of hydrogen-bond acceptors (Lipinski definition) is 4. The monoisotopic (exact) mass is 414 g/mol. The fourth-order valence-corrected chi connectivity index (χ4v) is 2.95. The molecule has 0 spiro atoms. The van der Waals surface area contributed by atoms with Crippen LogP contribution in [0.1, 0.15) is 18.9 Å². The first-order chi connectivity index (χ1) is 12.5. The second-order valence-corrected chi connectivity index (χ2v) is 7.12. The Hall–Kier alpha value is -2.54. The first kappa shape index (κ1) is 18.3. The van der Waals surface area contributed by atoms with Gasteiger partial charge in [-0.15, -0.1) is 5.10 Å². The van der Waals surface area contributed by atoms with E-state index in [1.165, 1.54) is 5.56 Å². The largest absolute Gasteiger partial charge is 0.352 e. The van der Waals surface area contributed by atoms with Gasteiger partial charge in [0.05, 0.1) is 5.39 Å². The second kappa shape index (κ2) is 8.23. The predicted octanol–water partition coefficient (Wildman–Crippen LogP) is 2.69. The van der Waals surface area contributed by atoms with Crippen molar-refractivity contribution < 1.29 is 4.79 Å². The lowest BCUT2D eigenvalue weighted by atomic mass is 10.1. The zero-order valence-electron chi connectivity index (χ0n) is 14.4. The van der Waals surface area contributed by atoms with Crippen LogP contribution >= 0.6 is 15.9 Å². The van der Waals surface area contributed by atoms with E-state index in [0.717, 1.165) is 22.0 Å². The Labute approximate surface area is 159 Å². The van der Waals surface area contributed by atoms with E-state index in [1.807, 2.05) is 19.1 Å². The van der Waals surface area contributed by atoms with Crippen molar-refractivity contribution in [3.05, 3.63) is 68.9 Å². The molecule has 3 rings (SSSR count). The molecule has 3 aromatic rings. The first-order valence-corrected chi connectivity index (χ1v) is 9.18. The van der Waals surface area contributed by atoms with Gasteiger partial charge in [-0.1, -0.05) is 45.4 Å². The van der Waals surface area contributed by atoms with Crippen molar-refractivity contribution in [3.63, 3.8) is 0 Å². The van der Waals surface area contributed by atoms with Crippen molar-refractivity contribution in [2.24, 2.45) is 0 Å². The van der Waals surface area contributed by atoms with Gasteiger partial charge in [-0.2, -0.15) is 0 Å². The maximum absolute atomic E-state index is 12.4. The molecule has 7 heteroatoms. The Kier molecular flexibility index (Phi) is 5.78. The average Bonchev–Trinajstić information content (AvgIpc) is 2.64. The minimum atomic E-state index is -0.312. The molecule has 1 heterocycles. The van der Waals surface area contributed by atoms with Crippen LogP contribution in [0.3, 0.4) is 0 Å². The Morgan fingerprint density at radius 1 is 1.19 bits per heavy atom. The third-order valence-corrected chi connectivity index (χ3v) is 4.64. The van der Waals surface area contributed by atoms with Crippen LogP contribution in [0.15, 0.2) is 57.8 Å². The third-order valence-electron chi connectivity index (χ3n) is 4.11. The van der Waals surface area contributed by atoms with Gasteiger partial charge in [0, 0.05) is 10.5 Å².